The monoisotopic (exact) mass is 297 g/mol. The zero-order valence-electron chi connectivity index (χ0n) is 11.1. The third-order valence-electron chi connectivity index (χ3n) is 3.47. The molecule has 6 heteroatoms. The number of carboxylic acids is 1. The van der Waals surface area contributed by atoms with Crippen molar-refractivity contribution in [2.45, 2.75) is 6.92 Å². The van der Waals surface area contributed by atoms with Crippen molar-refractivity contribution >= 4 is 23.5 Å². The van der Waals surface area contributed by atoms with E-state index < -0.39 is 11.9 Å². The van der Waals surface area contributed by atoms with Crippen LogP contribution in [-0.4, -0.2) is 41.6 Å². The van der Waals surface area contributed by atoms with Crippen LogP contribution in [0.25, 0.3) is 0 Å². The Balaban J connectivity index is 1.90. The molecule has 1 aliphatic heterocycles. The number of ether oxygens (including phenoxy) is 1. The SMILES string of the molecule is CC1CN(C(=O)COc2ccccc2Cl)CC1C(=O)O. The molecule has 20 heavy (non-hydrogen) atoms. The van der Waals surface area contributed by atoms with Crippen molar-refractivity contribution < 1.29 is 19.4 Å². The largest absolute Gasteiger partial charge is 0.482 e. The van der Waals surface area contributed by atoms with Gasteiger partial charge in [0.2, 0.25) is 0 Å². The van der Waals surface area contributed by atoms with Crippen LogP contribution in [0.4, 0.5) is 0 Å². The Morgan fingerprint density at radius 2 is 2.10 bits per heavy atom. The highest BCUT2D eigenvalue weighted by molar-refractivity contribution is 6.32. The summed E-state index contributed by atoms with van der Waals surface area (Å²) < 4.78 is 5.37. The number of likely N-dealkylation sites (tertiary alicyclic amines) is 1. The second-order valence-corrected chi connectivity index (χ2v) is 5.35. The number of aliphatic carboxylic acids is 1. The molecule has 1 amide bonds. The van der Waals surface area contributed by atoms with Crippen molar-refractivity contribution in [3.8, 4) is 5.75 Å². The summed E-state index contributed by atoms with van der Waals surface area (Å²) in [4.78, 5) is 24.6. The van der Waals surface area contributed by atoms with E-state index in [1.54, 1.807) is 24.3 Å². The van der Waals surface area contributed by atoms with E-state index in [0.717, 1.165) is 0 Å². The normalized spacial score (nSPS) is 21.8. The molecule has 108 valence electrons. The topological polar surface area (TPSA) is 66.8 Å². The molecular weight excluding hydrogens is 282 g/mol. The molecule has 2 rings (SSSR count). The van der Waals surface area contributed by atoms with Gasteiger partial charge in [-0.3, -0.25) is 9.59 Å². The maximum Gasteiger partial charge on any atom is 0.308 e. The van der Waals surface area contributed by atoms with Gasteiger partial charge in [-0.1, -0.05) is 30.7 Å². The average molecular weight is 298 g/mol. The molecule has 0 aliphatic carbocycles. The zero-order chi connectivity index (χ0) is 14.7. The number of carbonyl (C=O) groups is 2. The quantitative estimate of drug-likeness (QED) is 0.922. The molecule has 5 nitrogen and oxygen atoms in total. The predicted molar refractivity (Wildman–Crippen MR) is 73.8 cm³/mol. The van der Waals surface area contributed by atoms with Gasteiger partial charge in [0.1, 0.15) is 5.75 Å². The fourth-order valence-corrected chi connectivity index (χ4v) is 2.47. The summed E-state index contributed by atoms with van der Waals surface area (Å²) in [5.74, 6) is -1.18. The van der Waals surface area contributed by atoms with Crippen molar-refractivity contribution in [1.82, 2.24) is 4.90 Å². The van der Waals surface area contributed by atoms with Crippen molar-refractivity contribution in [2.75, 3.05) is 19.7 Å². The molecule has 0 saturated carbocycles. The van der Waals surface area contributed by atoms with Gasteiger partial charge < -0.3 is 14.7 Å². The number of nitrogens with zero attached hydrogens (tertiary/aromatic N) is 1. The summed E-state index contributed by atoms with van der Waals surface area (Å²) in [6.07, 6.45) is 0. The van der Waals surface area contributed by atoms with E-state index in [1.807, 2.05) is 6.92 Å². The Labute approximate surface area is 122 Å². The van der Waals surface area contributed by atoms with Crippen LogP contribution in [0.1, 0.15) is 6.92 Å². The second kappa shape index (κ2) is 6.13. The van der Waals surface area contributed by atoms with Gasteiger partial charge in [0, 0.05) is 13.1 Å². The third-order valence-corrected chi connectivity index (χ3v) is 3.78. The first-order chi connectivity index (χ1) is 9.49. The van der Waals surface area contributed by atoms with Crippen molar-refractivity contribution in [1.29, 1.82) is 0 Å². The summed E-state index contributed by atoms with van der Waals surface area (Å²) in [7, 11) is 0. The minimum atomic E-state index is -0.861. The molecule has 1 aromatic rings. The first kappa shape index (κ1) is 14.7. The van der Waals surface area contributed by atoms with Crippen LogP contribution >= 0.6 is 11.6 Å². The van der Waals surface area contributed by atoms with Gasteiger partial charge in [-0.25, -0.2) is 0 Å². The molecule has 0 aromatic heterocycles. The Bertz CT molecular complexity index is 520. The lowest BCUT2D eigenvalue weighted by molar-refractivity contribution is -0.142. The maximum atomic E-state index is 12.0. The van der Waals surface area contributed by atoms with Gasteiger partial charge in [-0.2, -0.15) is 0 Å². The molecule has 0 spiro atoms. The number of hydrogen-bond donors (Lipinski definition) is 1. The lowest BCUT2D eigenvalue weighted by Gasteiger charge is -2.16. The van der Waals surface area contributed by atoms with Crippen molar-refractivity contribution in [3.05, 3.63) is 29.3 Å². The highest BCUT2D eigenvalue weighted by Crippen LogP contribution is 2.25. The Kier molecular flexibility index (Phi) is 4.49. The van der Waals surface area contributed by atoms with Crippen LogP contribution in [0.2, 0.25) is 5.02 Å². The number of rotatable bonds is 4. The van der Waals surface area contributed by atoms with E-state index >= 15 is 0 Å². The number of amides is 1. The van der Waals surface area contributed by atoms with Crippen LogP contribution in [0, 0.1) is 11.8 Å². The highest BCUT2D eigenvalue weighted by atomic mass is 35.5. The summed E-state index contributed by atoms with van der Waals surface area (Å²) in [5.41, 5.74) is 0. The Morgan fingerprint density at radius 1 is 1.40 bits per heavy atom. The van der Waals surface area contributed by atoms with Gasteiger partial charge in [-0.05, 0) is 18.1 Å². The van der Waals surface area contributed by atoms with Crippen LogP contribution in [0.3, 0.4) is 0 Å². The lowest BCUT2D eigenvalue weighted by Crippen LogP contribution is -2.33. The Morgan fingerprint density at radius 3 is 2.70 bits per heavy atom. The number of para-hydroxylation sites is 1. The smallest absolute Gasteiger partial charge is 0.308 e. The molecule has 1 fully saturated rings. The number of benzene rings is 1. The zero-order valence-corrected chi connectivity index (χ0v) is 11.8. The number of carboxylic acid groups (broad SMARTS) is 1. The molecule has 0 radical (unpaired) electrons. The molecule has 2 atom stereocenters. The molecule has 1 heterocycles. The average Bonchev–Trinajstić information content (AvgIpc) is 2.80. The highest BCUT2D eigenvalue weighted by Gasteiger charge is 2.36. The molecule has 1 N–H and O–H groups in total. The van der Waals surface area contributed by atoms with Gasteiger partial charge in [0.15, 0.2) is 6.61 Å². The van der Waals surface area contributed by atoms with Gasteiger partial charge in [0.25, 0.3) is 5.91 Å². The molecule has 1 saturated heterocycles. The van der Waals surface area contributed by atoms with Crippen LogP contribution in [0.5, 0.6) is 5.75 Å². The summed E-state index contributed by atoms with van der Waals surface area (Å²) in [6, 6.07) is 6.91. The Hall–Kier alpha value is -1.75. The molecule has 2 unspecified atom stereocenters. The molecule has 0 bridgehead atoms. The van der Waals surface area contributed by atoms with Gasteiger partial charge in [0.05, 0.1) is 10.9 Å². The first-order valence-electron chi connectivity index (χ1n) is 6.37. The minimum Gasteiger partial charge on any atom is -0.482 e. The van der Waals surface area contributed by atoms with Crippen molar-refractivity contribution in [2.24, 2.45) is 11.8 Å². The first-order valence-corrected chi connectivity index (χ1v) is 6.74. The second-order valence-electron chi connectivity index (χ2n) is 4.94. The predicted octanol–water partition coefficient (Wildman–Crippen LogP) is 1.90. The van der Waals surface area contributed by atoms with E-state index in [1.165, 1.54) is 4.90 Å². The van der Waals surface area contributed by atoms with E-state index in [9.17, 15) is 9.59 Å². The standard InChI is InChI=1S/C14H16ClNO4/c1-9-6-16(7-10(9)14(18)19)13(17)8-20-12-5-3-2-4-11(12)15/h2-5,9-10H,6-8H2,1H3,(H,18,19). The van der Waals surface area contributed by atoms with E-state index in [-0.39, 0.29) is 25.0 Å². The number of hydrogen-bond acceptors (Lipinski definition) is 3. The van der Waals surface area contributed by atoms with Crippen LogP contribution in [-0.2, 0) is 9.59 Å². The fourth-order valence-electron chi connectivity index (χ4n) is 2.28. The van der Waals surface area contributed by atoms with E-state index in [0.29, 0.717) is 17.3 Å². The van der Waals surface area contributed by atoms with Crippen LogP contribution in [0.15, 0.2) is 24.3 Å². The third kappa shape index (κ3) is 3.22. The molecule has 1 aromatic carbocycles. The van der Waals surface area contributed by atoms with E-state index in [4.69, 9.17) is 21.4 Å². The summed E-state index contributed by atoms with van der Waals surface area (Å²) >= 11 is 5.93. The molecule has 1 aliphatic rings. The van der Waals surface area contributed by atoms with Crippen molar-refractivity contribution in [3.63, 3.8) is 0 Å². The van der Waals surface area contributed by atoms with Gasteiger partial charge in [-0.15, -0.1) is 0 Å². The van der Waals surface area contributed by atoms with Crippen LogP contribution < -0.4 is 4.74 Å². The molecular formula is C14H16ClNO4. The number of carbonyl (C=O) groups excluding carboxylic acids is 1. The summed E-state index contributed by atoms with van der Waals surface area (Å²) in [6.45, 7) is 2.38. The number of halogens is 1. The van der Waals surface area contributed by atoms with Gasteiger partial charge >= 0.3 is 5.97 Å². The van der Waals surface area contributed by atoms with E-state index in [2.05, 4.69) is 0 Å². The summed E-state index contributed by atoms with van der Waals surface area (Å²) in [5, 5.41) is 9.48. The lowest BCUT2D eigenvalue weighted by atomic mass is 9.99. The minimum absolute atomic E-state index is 0.0447. The maximum absolute atomic E-state index is 12.0. The fraction of sp³-hybridized carbons (Fsp3) is 0.429.